The van der Waals surface area contributed by atoms with Crippen molar-refractivity contribution in [2.24, 2.45) is 0 Å². The van der Waals surface area contributed by atoms with Crippen molar-refractivity contribution < 1.29 is 38.0 Å². The molecule has 182 valence electrons. The quantitative estimate of drug-likeness (QED) is 0.274. The topological polar surface area (TPSA) is 81.7 Å². The largest absolute Gasteiger partial charge is 0.493 e. The van der Waals surface area contributed by atoms with Crippen LogP contribution in [0.25, 0.3) is 21.9 Å². The summed E-state index contributed by atoms with van der Waals surface area (Å²) >= 11 is 0. The Morgan fingerprint density at radius 1 is 0.750 bits per heavy atom. The van der Waals surface area contributed by atoms with E-state index in [-0.39, 0.29) is 20.0 Å². The molecular formula is C28H22O8. The maximum absolute atomic E-state index is 12.9. The van der Waals surface area contributed by atoms with Gasteiger partial charge in [0.2, 0.25) is 13.6 Å². The van der Waals surface area contributed by atoms with Crippen LogP contribution in [0.15, 0.2) is 60.7 Å². The number of hydrogen-bond acceptors (Lipinski definition) is 8. The van der Waals surface area contributed by atoms with Gasteiger partial charge in [0.15, 0.2) is 34.5 Å². The maximum Gasteiger partial charge on any atom is 0.315 e. The van der Waals surface area contributed by atoms with Gasteiger partial charge in [-0.25, -0.2) is 0 Å². The number of methoxy groups -OCH3 is 2. The minimum atomic E-state index is -0.396. The average Bonchev–Trinajstić information content (AvgIpc) is 3.55. The molecule has 36 heavy (non-hydrogen) atoms. The van der Waals surface area contributed by atoms with E-state index in [9.17, 15) is 4.79 Å². The first-order chi connectivity index (χ1) is 17.6. The predicted octanol–water partition coefficient (Wildman–Crippen LogP) is 5.13. The van der Waals surface area contributed by atoms with E-state index < -0.39 is 5.97 Å². The van der Waals surface area contributed by atoms with Crippen LogP contribution in [-0.4, -0.2) is 33.8 Å². The third-order valence-corrected chi connectivity index (χ3v) is 6.13. The number of carbonyl (C=O) groups excluding carboxylic acids is 1. The van der Waals surface area contributed by atoms with Crippen LogP contribution in [0.5, 0.6) is 40.2 Å². The van der Waals surface area contributed by atoms with Crippen LogP contribution in [0, 0.1) is 0 Å². The number of rotatable bonds is 6. The van der Waals surface area contributed by atoms with Crippen LogP contribution >= 0.6 is 0 Å². The summed E-state index contributed by atoms with van der Waals surface area (Å²) in [4.78, 5) is 12.9. The molecule has 0 aliphatic carbocycles. The molecule has 0 aromatic heterocycles. The Morgan fingerprint density at radius 3 is 2.25 bits per heavy atom. The molecule has 0 amide bonds. The number of fused-ring (bicyclic) bond motifs is 3. The molecule has 2 heterocycles. The van der Waals surface area contributed by atoms with Crippen molar-refractivity contribution in [3.8, 4) is 51.4 Å². The summed E-state index contributed by atoms with van der Waals surface area (Å²) in [5, 5.41) is 1.76. The molecule has 0 saturated carbocycles. The molecule has 0 bridgehead atoms. The second kappa shape index (κ2) is 8.88. The molecule has 0 fully saturated rings. The summed E-state index contributed by atoms with van der Waals surface area (Å²) in [7, 11) is 3.18. The fourth-order valence-electron chi connectivity index (χ4n) is 4.41. The highest BCUT2D eigenvalue weighted by Crippen LogP contribution is 2.43. The zero-order valence-corrected chi connectivity index (χ0v) is 19.7. The lowest BCUT2D eigenvalue weighted by Crippen LogP contribution is -2.11. The van der Waals surface area contributed by atoms with Crippen molar-refractivity contribution in [1.29, 1.82) is 0 Å². The Labute approximate surface area is 206 Å². The lowest BCUT2D eigenvalue weighted by molar-refractivity contribution is -0.133. The van der Waals surface area contributed by atoms with Gasteiger partial charge in [-0.05, 0) is 76.0 Å². The number of carbonyl (C=O) groups is 1. The van der Waals surface area contributed by atoms with E-state index in [0.717, 1.165) is 27.5 Å². The summed E-state index contributed by atoms with van der Waals surface area (Å²) in [5.41, 5.74) is 2.48. The number of hydrogen-bond donors (Lipinski definition) is 0. The van der Waals surface area contributed by atoms with Gasteiger partial charge in [0.05, 0.1) is 20.6 Å². The third kappa shape index (κ3) is 3.96. The van der Waals surface area contributed by atoms with Gasteiger partial charge in [0, 0.05) is 0 Å². The van der Waals surface area contributed by atoms with Crippen LogP contribution in [0.4, 0.5) is 0 Å². The van der Waals surface area contributed by atoms with Gasteiger partial charge in [-0.15, -0.1) is 0 Å². The van der Waals surface area contributed by atoms with Gasteiger partial charge in [-0.3, -0.25) is 4.79 Å². The van der Waals surface area contributed by atoms with E-state index >= 15 is 0 Å². The van der Waals surface area contributed by atoms with E-state index in [4.69, 9.17) is 33.2 Å². The Morgan fingerprint density at radius 2 is 1.47 bits per heavy atom. The fourth-order valence-corrected chi connectivity index (χ4v) is 4.41. The Bertz CT molecular complexity index is 1490. The Balaban J connectivity index is 1.37. The minimum Gasteiger partial charge on any atom is -0.493 e. The molecule has 0 spiro atoms. The Hall–Kier alpha value is -4.59. The normalized spacial score (nSPS) is 13.1. The third-order valence-electron chi connectivity index (χ3n) is 6.13. The molecule has 2 aliphatic rings. The molecule has 0 radical (unpaired) electrons. The monoisotopic (exact) mass is 486 g/mol. The minimum absolute atomic E-state index is 0.0848. The van der Waals surface area contributed by atoms with Crippen molar-refractivity contribution in [3.63, 3.8) is 0 Å². The second-order valence-electron chi connectivity index (χ2n) is 8.31. The van der Waals surface area contributed by atoms with Crippen LogP contribution in [0.3, 0.4) is 0 Å². The van der Waals surface area contributed by atoms with E-state index in [1.807, 2.05) is 48.5 Å². The molecule has 0 unspecified atom stereocenters. The zero-order chi connectivity index (χ0) is 24.6. The van der Waals surface area contributed by atoms with Gasteiger partial charge in [-0.2, -0.15) is 0 Å². The summed E-state index contributed by atoms with van der Waals surface area (Å²) in [5.74, 6) is 3.83. The average molecular weight is 486 g/mol. The number of benzene rings is 4. The molecule has 0 saturated heterocycles. The van der Waals surface area contributed by atoms with Crippen LogP contribution in [0.1, 0.15) is 5.56 Å². The lowest BCUT2D eigenvalue weighted by Gasteiger charge is -2.14. The lowest BCUT2D eigenvalue weighted by atomic mass is 9.97. The first-order valence-electron chi connectivity index (χ1n) is 11.3. The van der Waals surface area contributed by atoms with Crippen molar-refractivity contribution >= 4 is 16.7 Å². The molecule has 4 aromatic carbocycles. The van der Waals surface area contributed by atoms with Crippen LogP contribution in [-0.2, 0) is 11.2 Å². The maximum atomic E-state index is 12.9. The van der Waals surface area contributed by atoms with E-state index in [2.05, 4.69) is 0 Å². The summed E-state index contributed by atoms with van der Waals surface area (Å²) in [6.07, 6.45) is 0.0848. The summed E-state index contributed by atoms with van der Waals surface area (Å²) < 4.78 is 38.6. The van der Waals surface area contributed by atoms with E-state index in [1.165, 1.54) is 0 Å². The highest BCUT2D eigenvalue weighted by atomic mass is 16.7. The highest BCUT2D eigenvalue weighted by molar-refractivity contribution is 6.00. The predicted molar refractivity (Wildman–Crippen MR) is 131 cm³/mol. The molecule has 4 aromatic rings. The molecule has 2 aliphatic heterocycles. The summed E-state index contributed by atoms with van der Waals surface area (Å²) in [6, 6.07) is 18.5. The second-order valence-corrected chi connectivity index (χ2v) is 8.31. The standard InChI is InChI=1S/C28H22O8/c1-30-22-6-4-17(10-24(22)31-2)20-12-19(9-18-11-26-27(13-21(18)20)35-15-34-26)36-28(29)8-16-3-5-23-25(7-16)33-14-32-23/h3-7,9-13H,8,14-15H2,1-2H3. The van der Waals surface area contributed by atoms with Crippen LogP contribution < -0.4 is 33.2 Å². The highest BCUT2D eigenvalue weighted by Gasteiger charge is 2.20. The fraction of sp³-hybridized carbons (Fsp3) is 0.179. The van der Waals surface area contributed by atoms with Crippen LogP contribution in [0.2, 0.25) is 0 Å². The zero-order valence-electron chi connectivity index (χ0n) is 19.7. The van der Waals surface area contributed by atoms with Gasteiger partial charge < -0.3 is 33.2 Å². The van der Waals surface area contributed by atoms with Gasteiger partial charge >= 0.3 is 5.97 Å². The van der Waals surface area contributed by atoms with E-state index in [0.29, 0.717) is 40.2 Å². The summed E-state index contributed by atoms with van der Waals surface area (Å²) in [6.45, 7) is 0.340. The number of ether oxygens (including phenoxy) is 7. The molecule has 8 nitrogen and oxygen atoms in total. The molecule has 6 rings (SSSR count). The first-order valence-corrected chi connectivity index (χ1v) is 11.3. The molecule has 0 atom stereocenters. The van der Waals surface area contributed by atoms with Crippen molar-refractivity contribution in [1.82, 2.24) is 0 Å². The van der Waals surface area contributed by atoms with Gasteiger partial charge in [0.25, 0.3) is 0 Å². The smallest absolute Gasteiger partial charge is 0.315 e. The molecule has 8 heteroatoms. The molecule has 0 N–H and O–H groups in total. The van der Waals surface area contributed by atoms with E-state index in [1.54, 1.807) is 26.4 Å². The Kier molecular flexibility index (Phi) is 5.41. The molecular weight excluding hydrogens is 464 g/mol. The van der Waals surface area contributed by atoms with Crippen molar-refractivity contribution in [3.05, 3.63) is 66.2 Å². The van der Waals surface area contributed by atoms with Gasteiger partial charge in [-0.1, -0.05) is 12.1 Å². The van der Waals surface area contributed by atoms with Gasteiger partial charge in [0.1, 0.15) is 5.75 Å². The van der Waals surface area contributed by atoms with Crippen molar-refractivity contribution in [2.75, 3.05) is 27.8 Å². The number of esters is 1. The first kappa shape index (κ1) is 21.9. The SMILES string of the molecule is COc1ccc(-c2cc(OC(=O)Cc3ccc4c(c3)OCO4)cc3cc4c(cc23)OCO4)cc1OC. The van der Waals surface area contributed by atoms with Crippen molar-refractivity contribution in [2.45, 2.75) is 6.42 Å².